The molecule has 0 spiro atoms. The first-order valence-corrected chi connectivity index (χ1v) is 4.07. The molecule has 1 N–H and O–H groups in total. The molecule has 0 aliphatic carbocycles. The zero-order chi connectivity index (χ0) is 9.97. The molecule has 5 heteroatoms. The standard InChI is InChI=1S/C9H8N4O/c1-6-10-3-2-7(13-6)8-4-9(14)12-5-11-8/h2-5H,1H3,(H,11,12,14). The molecule has 0 saturated heterocycles. The number of rotatable bonds is 1. The topological polar surface area (TPSA) is 71.8 Å². The van der Waals surface area contributed by atoms with Gasteiger partial charge in [0.2, 0.25) is 5.88 Å². The van der Waals surface area contributed by atoms with Crippen LogP contribution in [-0.4, -0.2) is 25.0 Å². The molecule has 0 aliphatic heterocycles. The predicted octanol–water partition coefficient (Wildman–Crippen LogP) is 0.948. The van der Waals surface area contributed by atoms with E-state index < -0.39 is 0 Å². The van der Waals surface area contributed by atoms with Crippen LogP contribution in [-0.2, 0) is 0 Å². The van der Waals surface area contributed by atoms with Gasteiger partial charge in [-0.1, -0.05) is 0 Å². The minimum atomic E-state index is -0.0636. The summed E-state index contributed by atoms with van der Waals surface area (Å²) in [6.45, 7) is 1.80. The summed E-state index contributed by atoms with van der Waals surface area (Å²) in [6, 6.07) is 3.19. The third-order valence-electron chi connectivity index (χ3n) is 1.69. The van der Waals surface area contributed by atoms with E-state index in [4.69, 9.17) is 5.11 Å². The van der Waals surface area contributed by atoms with Crippen LogP contribution in [0, 0.1) is 6.92 Å². The fourth-order valence-corrected chi connectivity index (χ4v) is 1.09. The Bertz CT molecular complexity index is 415. The van der Waals surface area contributed by atoms with E-state index in [1.807, 2.05) is 0 Å². The Morgan fingerprint density at radius 3 is 2.71 bits per heavy atom. The second kappa shape index (κ2) is 3.37. The predicted molar refractivity (Wildman–Crippen MR) is 49.5 cm³/mol. The Hall–Kier alpha value is -2.04. The van der Waals surface area contributed by atoms with Crippen molar-refractivity contribution in [3.8, 4) is 17.3 Å². The van der Waals surface area contributed by atoms with E-state index in [1.54, 1.807) is 19.2 Å². The van der Waals surface area contributed by atoms with Gasteiger partial charge < -0.3 is 5.11 Å². The largest absolute Gasteiger partial charge is 0.493 e. The molecule has 0 radical (unpaired) electrons. The van der Waals surface area contributed by atoms with Crippen LogP contribution in [0.25, 0.3) is 11.4 Å². The average molecular weight is 188 g/mol. The quantitative estimate of drug-likeness (QED) is 0.721. The molecule has 0 bridgehead atoms. The SMILES string of the molecule is Cc1nccc(-c2cc(O)ncn2)n1. The van der Waals surface area contributed by atoms with Gasteiger partial charge in [0.15, 0.2) is 0 Å². The smallest absolute Gasteiger partial charge is 0.214 e. The van der Waals surface area contributed by atoms with E-state index >= 15 is 0 Å². The lowest BCUT2D eigenvalue weighted by Gasteiger charge is -1.99. The first kappa shape index (κ1) is 8.55. The van der Waals surface area contributed by atoms with Crippen molar-refractivity contribution in [2.24, 2.45) is 0 Å². The van der Waals surface area contributed by atoms with Gasteiger partial charge in [0.1, 0.15) is 12.2 Å². The maximum atomic E-state index is 9.15. The number of nitrogens with zero attached hydrogens (tertiary/aromatic N) is 4. The molecule has 0 aromatic carbocycles. The van der Waals surface area contributed by atoms with Crippen molar-refractivity contribution >= 4 is 0 Å². The van der Waals surface area contributed by atoms with Gasteiger partial charge in [-0.15, -0.1) is 0 Å². The van der Waals surface area contributed by atoms with Gasteiger partial charge in [-0.25, -0.2) is 19.9 Å². The zero-order valence-electron chi connectivity index (χ0n) is 7.55. The van der Waals surface area contributed by atoms with Gasteiger partial charge in [0, 0.05) is 12.3 Å². The van der Waals surface area contributed by atoms with Crippen molar-refractivity contribution in [3.05, 3.63) is 30.5 Å². The second-order valence-corrected chi connectivity index (χ2v) is 2.75. The maximum Gasteiger partial charge on any atom is 0.214 e. The summed E-state index contributed by atoms with van der Waals surface area (Å²) < 4.78 is 0. The van der Waals surface area contributed by atoms with Crippen LogP contribution in [0.15, 0.2) is 24.7 Å². The highest BCUT2D eigenvalue weighted by Gasteiger charge is 2.02. The average Bonchev–Trinajstić information content (AvgIpc) is 2.18. The number of aromatic hydroxyl groups is 1. The Morgan fingerprint density at radius 1 is 1.14 bits per heavy atom. The molecule has 2 aromatic heterocycles. The van der Waals surface area contributed by atoms with Crippen LogP contribution < -0.4 is 0 Å². The molecule has 5 nitrogen and oxygen atoms in total. The summed E-state index contributed by atoms with van der Waals surface area (Å²) in [5.74, 6) is 0.604. The summed E-state index contributed by atoms with van der Waals surface area (Å²) in [5, 5.41) is 9.15. The third kappa shape index (κ3) is 1.66. The van der Waals surface area contributed by atoms with Crippen molar-refractivity contribution in [1.82, 2.24) is 19.9 Å². The normalized spacial score (nSPS) is 10.1. The molecule has 2 heterocycles. The van der Waals surface area contributed by atoms with Crippen molar-refractivity contribution in [3.63, 3.8) is 0 Å². The van der Waals surface area contributed by atoms with E-state index in [1.165, 1.54) is 12.4 Å². The summed E-state index contributed by atoms with van der Waals surface area (Å²) in [5.41, 5.74) is 1.26. The van der Waals surface area contributed by atoms with Crippen molar-refractivity contribution < 1.29 is 5.11 Å². The van der Waals surface area contributed by atoms with Crippen LogP contribution in [0.4, 0.5) is 0 Å². The van der Waals surface area contributed by atoms with Crippen molar-refractivity contribution in [2.75, 3.05) is 0 Å². The maximum absolute atomic E-state index is 9.15. The molecule has 2 aromatic rings. The number of aromatic nitrogens is 4. The lowest BCUT2D eigenvalue weighted by atomic mass is 10.3. The Balaban J connectivity index is 2.49. The van der Waals surface area contributed by atoms with Crippen LogP contribution in [0.5, 0.6) is 5.88 Å². The number of aryl methyl sites for hydroxylation is 1. The van der Waals surface area contributed by atoms with Gasteiger partial charge in [-0.3, -0.25) is 0 Å². The lowest BCUT2D eigenvalue weighted by molar-refractivity contribution is 0.452. The van der Waals surface area contributed by atoms with Gasteiger partial charge in [0.25, 0.3) is 0 Å². The fourth-order valence-electron chi connectivity index (χ4n) is 1.09. The third-order valence-corrected chi connectivity index (χ3v) is 1.69. The lowest BCUT2D eigenvalue weighted by Crippen LogP contribution is -1.92. The van der Waals surface area contributed by atoms with Gasteiger partial charge in [-0.2, -0.15) is 0 Å². The molecule has 0 saturated carbocycles. The highest BCUT2D eigenvalue weighted by Crippen LogP contribution is 2.15. The first-order chi connectivity index (χ1) is 6.75. The Morgan fingerprint density at radius 2 is 2.00 bits per heavy atom. The van der Waals surface area contributed by atoms with Crippen molar-refractivity contribution in [2.45, 2.75) is 6.92 Å². The molecule has 0 aliphatic rings. The molecule has 0 unspecified atom stereocenters. The van der Waals surface area contributed by atoms with Crippen LogP contribution in [0.1, 0.15) is 5.82 Å². The molecule has 2 rings (SSSR count). The molecular formula is C9H8N4O. The van der Waals surface area contributed by atoms with Crippen LogP contribution in [0.3, 0.4) is 0 Å². The molecule has 0 fully saturated rings. The van der Waals surface area contributed by atoms with Gasteiger partial charge in [0.05, 0.1) is 11.4 Å². The van der Waals surface area contributed by atoms with Gasteiger partial charge in [-0.05, 0) is 13.0 Å². The highest BCUT2D eigenvalue weighted by molar-refractivity contribution is 5.53. The van der Waals surface area contributed by atoms with E-state index in [0.717, 1.165) is 0 Å². The summed E-state index contributed by atoms with van der Waals surface area (Å²) in [4.78, 5) is 15.7. The summed E-state index contributed by atoms with van der Waals surface area (Å²) >= 11 is 0. The van der Waals surface area contributed by atoms with E-state index in [2.05, 4.69) is 19.9 Å². The minimum Gasteiger partial charge on any atom is -0.493 e. The molecule has 14 heavy (non-hydrogen) atoms. The van der Waals surface area contributed by atoms with E-state index in [9.17, 15) is 0 Å². The Kier molecular flexibility index (Phi) is 2.06. The minimum absolute atomic E-state index is 0.0636. The number of hydrogen-bond donors (Lipinski definition) is 1. The summed E-state index contributed by atoms with van der Waals surface area (Å²) in [7, 11) is 0. The molecular weight excluding hydrogens is 180 g/mol. The molecule has 70 valence electrons. The zero-order valence-corrected chi connectivity index (χ0v) is 7.55. The monoisotopic (exact) mass is 188 g/mol. The molecule has 0 amide bonds. The fraction of sp³-hybridized carbons (Fsp3) is 0.111. The highest BCUT2D eigenvalue weighted by atomic mass is 16.3. The van der Waals surface area contributed by atoms with Crippen LogP contribution in [0.2, 0.25) is 0 Å². The first-order valence-electron chi connectivity index (χ1n) is 4.07. The Labute approximate surface area is 80.5 Å². The summed E-state index contributed by atoms with van der Waals surface area (Å²) in [6.07, 6.45) is 2.94. The van der Waals surface area contributed by atoms with Gasteiger partial charge >= 0.3 is 0 Å². The van der Waals surface area contributed by atoms with E-state index in [0.29, 0.717) is 17.2 Å². The van der Waals surface area contributed by atoms with Crippen LogP contribution >= 0.6 is 0 Å². The second-order valence-electron chi connectivity index (χ2n) is 2.75. The van der Waals surface area contributed by atoms with E-state index in [-0.39, 0.29) is 5.88 Å². The molecule has 0 atom stereocenters. The number of hydrogen-bond acceptors (Lipinski definition) is 5. The van der Waals surface area contributed by atoms with Crippen molar-refractivity contribution in [1.29, 1.82) is 0 Å².